The van der Waals surface area contributed by atoms with Gasteiger partial charge in [-0.05, 0) is 80.6 Å². The smallest absolute Gasteiger partial charge is 0.264 e. The highest BCUT2D eigenvalue weighted by atomic mass is 32.2. The van der Waals surface area contributed by atoms with Crippen LogP contribution in [0.2, 0.25) is 0 Å². The molecule has 2 amide bonds. The average molecular weight is 536 g/mol. The predicted molar refractivity (Wildman–Crippen MR) is 151 cm³/mol. The Morgan fingerprint density at radius 2 is 1.53 bits per heavy atom. The van der Waals surface area contributed by atoms with Gasteiger partial charge in [-0.2, -0.15) is 0 Å². The highest BCUT2D eigenvalue weighted by Crippen LogP contribution is 2.26. The fourth-order valence-electron chi connectivity index (χ4n) is 4.08. The van der Waals surface area contributed by atoms with Crippen LogP contribution in [0.15, 0.2) is 77.7 Å². The van der Waals surface area contributed by atoms with Crippen molar-refractivity contribution in [2.24, 2.45) is 0 Å². The Balaban J connectivity index is 2.04. The Labute approximate surface area is 226 Å². The van der Waals surface area contributed by atoms with Crippen molar-refractivity contribution in [2.45, 2.75) is 58.5 Å². The van der Waals surface area contributed by atoms with Crippen LogP contribution in [-0.2, 0) is 26.2 Å². The summed E-state index contributed by atoms with van der Waals surface area (Å²) >= 11 is 0. The van der Waals surface area contributed by atoms with Gasteiger partial charge in [0.1, 0.15) is 12.6 Å². The van der Waals surface area contributed by atoms with Crippen molar-refractivity contribution in [3.63, 3.8) is 0 Å². The summed E-state index contributed by atoms with van der Waals surface area (Å²) in [6.45, 7) is 9.65. The van der Waals surface area contributed by atoms with Crippen molar-refractivity contribution < 1.29 is 18.0 Å². The third-order valence-electron chi connectivity index (χ3n) is 6.71. The molecule has 8 heteroatoms. The molecule has 1 atom stereocenters. The van der Waals surface area contributed by atoms with E-state index in [1.54, 1.807) is 37.3 Å². The van der Waals surface area contributed by atoms with E-state index in [0.29, 0.717) is 12.2 Å². The van der Waals surface area contributed by atoms with Gasteiger partial charge in [-0.25, -0.2) is 8.42 Å². The topological polar surface area (TPSA) is 86.8 Å². The minimum Gasteiger partial charge on any atom is -0.354 e. The molecule has 38 heavy (non-hydrogen) atoms. The van der Waals surface area contributed by atoms with E-state index in [1.165, 1.54) is 17.0 Å². The van der Waals surface area contributed by atoms with E-state index in [-0.39, 0.29) is 17.3 Å². The van der Waals surface area contributed by atoms with Gasteiger partial charge in [0.05, 0.1) is 10.6 Å². The van der Waals surface area contributed by atoms with E-state index in [0.717, 1.165) is 33.0 Å². The molecule has 0 unspecified atom stereocenters. The normalized spacial score (nSPS) is 12.0. The van der Waals surface area contributed by atoms with Gasteiger partial charge in [-0.15, -0.1) is 0 Å². The molecule has 0 saturated carbocycles. The summed E-state index contributed by atoms with van der Waals surface area (Å²) < 4.78 is 28.8. The van der Waals surface area contributed by atoms with Crippen LogP contribution in [-0.4, -0.2) is 44.3 Å². The third-order valence-corrected chi connectivity index (χ3v) is 8.50. The first-order chi connectivity index (χ1) is 18.1. The molecule has 0 aliphatic heterocycles. The Morgan fingerprint density at radius 1 is 0.868 bits per heavy atom. The van der Waals surface area contributed by atoms with Crippen LogP contribution in [0, 0.1) is 20.8 Å². The van der Waals surface area contributed by atoms with Crippen LogP contribution in [0.3, 0.4) is 0 Å². The number of sulfonamides is 1. The first-order valence-corrected chi connectivity index (χ1v) is 14.3. The Kier molecular flexibility index (Phi) is 9.69. The SMILES string of the molecule is CCCNC(=O)[C@H](C)N(Cc1ccccc1C)C(=O)CN(c1ccc(C)c(C)c1)S(=O)(=O)c1ccccc1. The predicted octanol–water partition coefficient (Wildman–Crippen LogP) is 4.75. The van der Waals surface area contributed by atoms with Gasteiger partial charge < -0.3 is 10.2 Å². The van der Waals surface area contributed by atoms with Crippen molar-refractivity contribution in [1.82, 2.24) is 10.2 Å². The number of hydrogen-bond donors (Lipinski definition) is 1. The van der Waals surface area contributed by atoms with E-state index in [9.17, 15) is 18.0 Å². The zero-order valence-electron chi connectivity index (χ0n) is 22.8. The Morgan fingerprint density at radius 3 is 2.16 bits per heavy atom. The van der Waals surface area contributed by atoms with Crippen LogP contribution in [0.5, 0.6) is 0 Å². The molecule has 3 rings (SSSR count). The third kappa shape index (κ3) is 6.81. The van der Waals surface area contributed by atoms with Crippen LogP contribution in [0.4, 0.5) is 5.69 Å². The molecule has 1 N–H and O–H groups in total. The van der Waals surface area contributed by atoms with E-state index < -0.39 is 28.5 Å². The number of rotatable bonds is 11. The minimum absolute atomic E-state index is 0.0882. The number of anilines is 1. The summed E-state index contributed by atoms with van der Waals surface area (Å²) in [5.74, 6) is -0.748. The summed E-state index contributed by atoms with van der Waals surface area (Å²) in [4.78, 5) is 28.4. The zero-order valence-corrected chi connectivity index (χ0v) is 23.6. The fraction of sp³-hybridized carbons (Fsp3) is 0.333. The van der Waals surface area contributed by atoms with Crippen molar-refractivity contribution in [3.8, 4) is 0 Å². The second-order valence-electron chi connectivity index (χ2n) is 9.51. The summed E-state index contributed by atoms with van der Waals surface area (Å²) in [7, 11) is -4.07. The van der Waals surface area contributed by atoms with Crippen LogP contribution < -0.4 is 9.62 Å². The second kappa shape index (κ2) is 12.7. The largest absolute Gasteiger partial charge is 0.354 e. The highest BCUT2D eigenvalue weighted by molar-refractivity contribution is 7.92. The number of amides is 2. The van der Waals surface area contributed by atoms with E-state index >= 15 is 0 Å². The van der Waals surface area contributed by atoms with Crippen molar-refractivity contribution >= 4 is 27.5 Å². The molecule has 0 aliphatic rings. The van der Waals surface area contributed by atoms with Crippen molar-refractivity contribution in [3.05, 3.63) is 95.1 Å². The number of carbonyl (C=O) groups is 2. The Bertz CT molecular complexity index is 1370. The lowest BCUT2D eigenvalue weighted by molar-refractivity contribution is -0.139. The number of nitrogens with one attached hydrogen (secondary N) is 1. The van der Waals surface area contributed by atoms with E-state index in [2.05, 4.69) is 5.32 Å². The lowest BCUT2D eigenvalue weighted by atomic mass is 10.1. The van der Waals surface area contributed by atoms with Crippen LogP contribution in [0.1, 0.15) is 42.5 Å². The van der Waals surface area contributed by atoms with E-state index in [4.69, 9.17) is 0 Å². The summed E-state index contributed by atoms with van der Waals surface area (Å²) in [6.07, 6.45) is 0.764. The number of hydrogen-bond acceptors (Lipinski definition) is 4. The van der Waals surface area contributed by atoms with Crippen LogP contribution >= 0.6 is 0 Å². The molecule has 0 bridgehead atoms. The number of aryl methyl sites for hydroxylation is 3. The number of carbonyl (C=O) groups excluding carboxylic acids is 2. The summed E-state index contributed by atoms with van der Waals surface area (Å²) in [5, 5.41) is 2.86. The Hall–Kier alpha value is -3.65. The van der Waals surface area contributed by atoms with Crippen molar-refractivity contribution in [2.75, 3.05) is 17.4 Å². The lowest BCUT2D eigenvalue weighted by Crippen LogP contribution is -2.51. The van der Waals surface area contributed by atoms with Crippen molar-refractivity contribution in [1.29, 1.82) is 0 Å². The highest BCUT2D eigenvalue weighted by Gasteiger charge is 2.32. The maximum absolute atomic E-state index is 13.9. The average Bonchev–Trinajstić information content (AvgIpc) is 2.91. The maximum atomic E-state index is 13.9. The van der Waals surface area contributed by atoms with Gasteiger partial charge >= 0.3 is 0 Å². The summed E-state index contributed by atoms with van der Waals surface area (Å²) in [5.41, 5.74) is 4.19. The quantitative estimate of drug-likeness (QED) is 0.384. The molecular weight excluding hydrogens is 498 g/mol. The molecule has 3 aromatic carbocycles. The molecular formula is C30H37N3O4S. The molecule has 7 nitrogen and oxygen atoms in total. The van der Waals surface area contributed by atoms with Gasteiger partial charge in [0.2, 0.25) is 11.8 Å². The molecule has 0 saturated heterocycles. The fourth-order valence-corrected chi connectivity index (χ4v) is 5.51. The van der Waals surface area contributed by atoms with Gasteiger partial charge in [0.15, 0.2) is 0 Å². The minimum atomic E-state index is -4.07. The molecule has 3 aromatic rings. The molecule has 0 heterocycles. The molecule has 0 aliphatic carbocycles. The van der Waals surface area contributed by atoms with Gasteiger partial charge in [0, 0.05) is 13.1 Å². The lowest BCUT2D eigenvalue weighted by Gasteiger charge is -2.32. The molecule has 0 spiro atoms. The van der Waals surface area contributed by atoms with E-state index in [1.807, 2.05) is 58.0 Å². The van der Waals surface area contributed by atoms with Gasteiger partial charge in [0.25, 0.3) is 10.0 Å². The second-order valence-corrected chi connectivity index (χ2v) is 11.4. The zero-order chi connectivity index (χ0) is 27.9. The van der Waals surface area contributed by atoms with Gasteiger partial charge in [-0.1, -0.05) is 55.5 Å². The van der Waals surface area contributed by atoms with Crippen LogP contribution in [0.25, 0.3) is 0 Å². The molecule has 0 fully saturated rings. The molecule has 0 radical (unpaired) electrons. The first kappa shape index (κ1) is 28.9. The summed E-state index contributed by atoms with van der Waals surface area (Å²) in [6, 6.07) is 20.2. The number of nitrogens with zero attached hydrogens (tertiary/aromatic N) is 2. The molecule has 0 aromatic heterocycles. The standard InChI is InChI=1S/C30H37N3O4S/c1-6-18-31-30(35)25(5)32(20-26-13-11-10-12-23(26)3)29(34)21-33(27-17-16-22(2)24(4)19-27)38(36,37)28-14-8-7-9-15-28/h7-17,19,25H,6,18,20-21H2,1-5H3,(H,31,35)/t25-/m0/s1. The monoisotopic (exact) mass is 535 g/mol. The maximum Gasteiger partial charge on any atom is 0.264 e. The number of benzene rings is 3. The first-order valence-electron chi connectivity index (χ1n) is 12.8. The molecule has 202 valence electrons. The van der Waals surface area contributed by atoms with Gasteiger partial charge in [-0.3, -0.25) is 13.9 Å².